The van der Waals surface area contributed by atoms with E-state index in [-0.39, 0.29) is 5.91 Å². The first-order valence-corrected chi connectivity index (χ1v) is 8.15. The van der Waals surface area contributed by atoms with E-state index in [1.165, 1.54) is 0 Å². The molecule has 1 aromatic heterocycles. The third kappa shape index (κ3) is 4.31. The zero-order valence-corrected chi connectivity index (χ0v) is 13.2. The lowest BCUT2D eigenvalue weighted by Crippen LogP contribution is -2.29. The van der Waals surface area contributed by atoms with Crippen LogP contribution in [0.5, 0.6) is 5.75 Å². The molecule has 1 aliphatic heterocycles. The monoisotopic (exact) mass is 310 g/mol. The summed E-state index contributed by atoms with van der Waals surface area (Å²) >= 11 is 0. The highest BCUT2D eigenvalue weighted by atomic mass is 16.3. The molecule has 23 heavy (non-hydrogen) atoms. The van der Waals surface area contributed by atoms with Crippen molar-refractivity contribution in [2.45, 2.75) is 25.7 Å². The molecule has 1 amide bonds. The molecule has 3 rings (SSSR count). The third-order valence-electron chi connectivity index (χ3n) is 4.42. The molecule has 1 aliphatic rings. The third-order valence-corrected chi connectivity index (χ3v) is 4.42. The number of phenolic OH excluding ortho intramolecular Hbond substituents is 1. The number of aromatic nitrogens is 1. The lowest BCUT2D eigenvalue weighted by Gasteiger charge is -2.16. The van der Waals surface area contributed by atoms with Crippen LogP contribution in [0.15, 0.2) is 48.8 Å². The topological polar surface area (TPSA) is 53.4 Å². The summed E-state index contributed by atoms with van der Waals surface area (Å²) in [5.74, 6) is 1.02. The molecule has 0 radical (unpaired) electrons. The minimum Gasteiger partial charge on any atom is -0.508 e. The molecule has 0 bridgehead atoms. The highest BCUT2D eigenvalue weighted by Gasteiger charge is 2.26. The van der Waals surface area contributed by atoms with Crippen LogP contribution in [0.2, 0.25) is 0 Å². The van der Waals surface area contributed by atoms with Gasteiger partial charge in [-0.2, -0.15) is 0 Å². The Morgan fingerprint density at radius 1 is 1.26 bits per heavy atom. The van der Waals surface area contributed by atoms with Crippen molar-refractivity contribution in [3.8, 4) is 5.75 Å². The smallest absolute Gasteiger partial charge is 0.222 e. The van der Waals surface area contributed by atoms with Crippen LogP contribution in [0.1, 0.15) is 24.0 Å². The van der Waals surface area contributed by atoms with Gasteiger partial charge in [0.15, 0.2) is 0 Å². The molecule has 4 heteroatoms. The van der Waals surface area contributed by atoms with E-state index in [1.807, 2.05) is 41.4 Å². The first kappa shape index (κ1) is 15.5. The molecule has 0 aliphatic carbocycles. The van der Waals surface area contributed by atoms with Crippen molar-refractivity contribution in [2.75, 3.05) is 13.1 Å². The van der Waals surface area contributed by atoms with Crippen LogP contribution >= 0.6 is 0 Å². The van der Waals surface area contributed by atoms with E-state index in [4.69, 9.17) is 0 Å². The molecule has 1 unspecified atom stereocenters. The number of pyridine rings is 1. The molecular formula is C19H22N2O2. The fourth-order valence-electron chi connectivity index (χ4n) is 3.20. The van der Waals surface area contributed by atoms with Gasteiger partial charge in [-0.05, 0) is 54.5 Å². The maximum Gasteiger partial charge on any atom is 0.222 e. The highest BCUT2D eigenvalue weighted by molar-refractivity contribution is 5.76. The number of phenols is 1. The number of carbonyl (C=O) groups is 1. The van der Waals surface area contributed by atoms with Gasteiger partial charge in [-0.25, -0.2) is 0 Å². The molecular weight excluding hydrogens is 288 g/mol. The average molecular weight is 310 g/mol. The van der Waals surface area contributed by atoms with Crippen LogP contribution in [0.25, 0.3) is 0 Å². The quantitative estimate of drug-likeness (QED) is 0.924. The number of rotatable bonds is 5. The van der Waals surface area contributed by atoms with E-state index in [2.05, 4.69) is 4.98 Å². The second kappa shape index (κ2) is 7.27. The van der Waals surface area contributed by atoms with Crippen molar-refractivity contribution in [3.05, 3.63) is 59.9 Å². The van der Waals surface area contributed by atoms with Crippen LogP contribution < -0.4 is 0 Å². The number of hydrogen-bond acceptors (Lipinski definition) is 3. The fourth-order valence-corrected chi connectivity index (χ4v) is 3.20. The molecule has 1 N–H and O–H groups in total. The van der Waals surface area contributed by atoms with Crippen molar-refractivity contribution < 1.29 is 9.90 Å². The SMILES string of the molecule is O=C(CCc1cccnc1)N1CCC(Cc2cccc(O)c2)C1. The van der Waals surface area contributed by atoms with E-state index in [1.54, 1.807) is 12.3 Å². The van der Waals surface area contributed by atoms with E-state index in [0.29, 0.717) is 18.1 Å². The summed E-state index contributed by atoms with van der Waals surface area (Å²) in [6, 6.07) is 11.3. The number of likely N-dealkylation sites (tertiary alicyclic amines) is 1. The zero-order valence-electron chi connectivity index (χ0n) is 13.2. The molecule has 1 saturated heterocycles. The minimum atomic E-state index is 0.229. The molecule has 1 aromatic carbocycles. The number of amides is 1. The Balaban J connectivity index is 1.48. The Kier molecular flexibility index (Phi) is 4.91. The van der Waals surface area contributed by atoms with Crippen molar-refractivity contribution in [1.82, 2.24) is 9.88 Å². The first-order chi connectivity index (χ1) is 11.2. The molecule has 0 spiro atoms. The van der Waals surface area contributed by atoms with Crippen molar-refractivity contribution >= 4 is 5.91 Å². The number of nitrogens with zero attached hydrogens (tertiary/aromatic N) is 2. The highest BCUT2D eigenvalue weighted by Crippen LogP contribution is 2.23. The normalized spacial score (nSPS) is 17.4. The van der Waals surface area contributed by atoms with E-state index in [9.17, 15) is 9.90 Å². The average Bonchev–Trinajstić information content (AvgIpc) is 3.02. The summed E-state index contributed by atoms with van der Waals surface area (Å²) in [5, 5.41) is 9.54. The molecule has 120 valence electrons. The summed E-state index contributed by atoms with van der Waals surface area (Å²) in [6.07, 6.45) is 6.82. The largest absolute Gasteiger partial charge is 0.508 e. The van der Waals surface area contributed by atoms with E-state index < -0.39 is 0 Å². The number of aryl methyl sites for hydroxylation is 1. The van der Waals surface area contributed by atoms with Crippen molar-refractivity contribution in [3.63, 3.8) is 0 Å². The lowest BCUT2D eigenvalue weighted by molar-refractivity contribution is -0.130. The number of benzene rings is 1. The minimum absolute atomic E-state index is 0.229. The lowest BCUT2D eigenvalue weighted by atomic mass is 9.98. The second-order valence-electron chi connectivity index (χ2n) is 6.23. The molecule has 4 nitrogen and oxygen atoms in total. The summed E-state index contributed by atoms with van der Waals surface area (Å²) in [4.78, 5) is 18.4. The van der Waals surface area contributed by atoms with Crippen LogP contribution in [0, 0.1) is 5.92 Å². The standard InChI is InChI=1S/C19H22N2O2/c22-18-5-1-3-16(12-18)11-17-8-10-21(14-17)19(23)7-6-15-4-2-9-20-13-15/h1-5,9,12-13,17,22H,6-8,10-11,14H2. The van der Waals surface area contributed by atoms with Gasteiger partial charge >= 0.3 is 0 Å². The Bertz CT molecular complexity index is 657. The predicted molar refractivity (Wildman–Crippen MR) is 89.1 cm³/mol. The van der Waals surface area contributed by atoms with Gasteiger partial charge in [0.05, 0.1) is 0 Å². The Hall–Kier alpha value is -2.36. The fraction of sp³-hybridized carbons (Fsp3) is 0.368. The van der Waals surface area contributed by atoms with Gasteiger partial charge in [-0.3, -0.25) is 9.78 Å². The Morgan fingerprint density at radius 3 is 2.91 bits per heavy atom. The molecule has 1 fully saturated rings. The van der Waals surface area contributed by atoms with Crippen molar-refractivity contribution in [2.24, 2.45) is 5.92 Å². The van der Waals surface area contributed by atoms with Gasteiger partial charge in [0.2, 0.25) is 5.91 Å². The van der Waals surface area contributed by atoms with Gasteiger partial charge in [0.25, 0.3) is 0 Å². The summed E-state index contributed by atoms with van der Waals surface area (Å²) in [6.45, 7) is 1.66. The first-order valence-electron chi connectivity index (χ1n) is 8.15. The van der Waals surface area contributed by atoms with E-state index >= 15 is 0 Å². The molecule has 0 saturated carbocycles. The second-order valence-corrected chi connectivity index (χ2v) is 6.23. The van der Waals surface area contributed by atoms with Gasteiger partial charge in [-0.1, -0.05) is 18.2 Å². The summed E-state index contributed by atoms with van der Waals surface area (Å²) < 4.78 is 0. The number of aromatic hydroxyl groups is 1. The van der Waals surface area contributed by atoms with Crippen LogP contribution in [-0.4, -0.2) is 34.0 Å². The van der Waals surface area contributed by atoms with Gasteiger partial charge in [0, 0.05) is 31.9 Å². The number of carbonyl (C=O) groups excluding carboxylic acids is 1. The predicted octanol–water partition coefficient (Wildman–Crippen LogP) is 2.81. The van der Waals surface area contributed by atoms with Crippen LogP contribution in [-0.2, 0) is 17.6 Å². The zero-order chi connectivity index (χ0) is 16.1. The Morgan fingerprint density at radius 2 is 2.13 bits per heavy atom. The van der Waals surface area contributed by atoms with Crippen LogP contribution in [0.3, 0.4) is 0 Å². The molecule has 2 aromatic rings. The summed E-state index contributed by atoms with van der Waals surface area (Å²) in [7, 11) is 0. The van der Waals surface area contributed by atoms with Gasteiger partial charge in [0.1, 0.15) is 5.75 Å². The van der Waals surface area contributed by atoms with Crippen LogP contribution in [0.4, 0.5) is 0 Å². The van der Waals surface area contributed by atoms with Gasteiger partial charge < -0.3 is 10.0 Å². The molecule has 1 atom stereocenters. The van der Waals surface area contributed by atoms with E-state index in [0.717, 1.165) is 43.5 Å². The molecule has 2 heterocycles. The number of hydrogen-bond donors (Lipinski definition) is 1. The Labute approximate surface area is 136 Å². The summed E-state index contributed by atoms with van der Waals surface area (Å²) in [5.41, 5.74) is 2.25. The maximum absolute atomic E-state index is 12.3. The maximum atomic E-state index is 12.3. The van der Waals surface area contributed by atoms with Crippen molar-refractivity contribution in [1.29, 1.82) is 0 Å². The van der Waals surface area contributed by atoms with Gasteiger partial charge in [-0.15, -0.1) is 0 Å².